The van der Waals surface area contributed by atoms with Crippen LogP contribution < -0.4 is 10.6 Å². The van der Waals surface area contributed by atoms with Crippen LogP contribution >= 0.6 is 11.8 Å². The quantitative estimate of drug-likeness (QED) is 0.483. The lowest BCUT2D eigenvalue weighted by molar-refractivity contribution is -0.118. The van der Waals surface area contributed by atoms with Crippen LogP contribution in [0.2, 0.25) is 0 Å². The largest absolute Gasteiger partial charge is 0.352 e. The predicted octanol–water partition coefficient (Wildman–Crippen LogP) is -0.181. The van der Waals surface area contributed by atoms with Crippen LogP contribution in [0.25, 0.3) is 0 Å². The molecule has 1 heterocycles. The minimum atomic E-state index is -0.0458. The number of carbonyl (C=O) groups excluding carboxylic acids is 1. The number of rotatable bonds is 9. The maximum absolute atomic E-state index is 11.5. The van der Waals surface area contributed by atoms with Crippen molar-refractivity contribution in [3.8, 4) is 0 Å². The van der Waals surface area contributed by atoms with Gasteiger partial charge >= 0.3 is 0 Å². The highest BCUT2D eigenvalue weighted by atomic mass is 32.2. The third kappa shape index (κ3) is 4.99. The van der Waals surface area contributed by atoms with Crippen LogP contribution in [0.5, 0.6) is 0 Å². The third-order valence-electron chi connectivity index (χ3n) is 2.61. The second kappa shape index (κ2) is 7.25. The van der Waals surface area contributed by atoms with Gasteiger partial charge in [-0.2, -0.15) is 0 Å². The number of thioether (sulfide) groups is 1. The fourth-order valence-corrected chi connectivity index (χ4v) is 2.20. The highest BCUT2D eigenvalue weighted by Crippen LogP contribution is 2.18. The Morgan fingerprint density at radius 1 is 1.58 bits per heavy atom. The summed E-state index contributed by atoms with van der Waals surface area (Å²) in [6.07, 6.45) is 4.18. The number of aromatic nitrogens is 4. The van der Waals surface area contributed by atoms with Crippen molar-refractivity contribution in [3.63, 3.8) is 0 Å². The molecule has 0 radical (unpaired) electrons. The van der Waals surface area contributed by atoms with Crippen LogP contribution in [0.15, 0.2) is 17.8 Å². The van der Waals surface area contributed by atoms with E-state index in [1.165, 1.54) is 24.6 Å². The minimum absolute atomic E-state index is 0.0458. The summed E-state index contributed by atoms with van der Waals surface area (Å²) < 4.78 is 1.72. The van der Waals surface area contributed by atoms with E-state index in [9.17, 15) is 4.79 Å². The van der Waals surface area contributed by atoms with E-state index >= 15 is 0 Å². The highest BCUT2D eigenvalue weighted by Gasteiger charge is 2.20. The topological polar surface area (TPSA) is 84.7 Å². The van der Waals surface area contributed by atoms with Gasteiger partial charge in [0.25, 0.3) is 0 Å². The molecule has 0 aromatic carbocycles. The summed E-state index contributed by atoms with van der Waals surface area (Å²) in [5.74, 6) is 0.264. The number of nitrogens with one attached hydrogen (secondary N) is 2. The van der Waals surface area contributed by atoms with Gasteiger partial charge in [-0.15, -0.1) is 11.7 Å². The van der Waals surface area contributed by atoms with Crippen molar-refractivity contribution < 1.29 is 4.79 Å². The van der Waals surface area contributed by atoms with E-state index in [0.717, 1.165) is 13.1 Å². The Bertz CT molecular complexity index is 431. The molecule has 1 aliphatic carbocycles. The van der Waals surface area contributed by atoms with E-state index in [2.05, 4.69) is 32.7 Å². The molecular formula is C11H18N6OS. The van der Waals surface area contributed by atoms with Crippen molar-refractivity contribution in [1.29, 1.82) is 0 Å². The van der Waals surface area contributed by atoms with Crippen molar-refractivity contribution in [1.82, 2.24) is 30.8 Å². The van der Waals surface area contributed by atoms with Gasteiger partial charge in [0.2, 0.25) is 11.1 Å². The lowest BCUT2D eigenvalue weighted by Crippen LogP contribution is -2.25. The summed E-state index contributed by atoms with van der Waals surface area (Å²) in [5, 5.41) is 18.3. The van der Waals surface area contributed by atoms with Crippen molar-refractivity contribution in [2.75, 3.05) is 18.8 Å². The summed E-state index contributed by atoms with van der Waals surface area (Å²) in [5.41, 5.74) is 0. The zero-order chi connectivity index (χ0) is 13.5. The van der Waals surface area contributed by atoms with E-state index in [0.29, 0.717) is 23.5 Å². The monoisotopic (exact) mass is 282 g/mol. The molecule has 0 saturated heterocycles. The molecule has 1 aromatic rings. The fourth-order valence-electron chi connectivity index (χ4n) is 1.47. The average Bonchev–Trinajstić information content (AvgIpc) is 3.12. The Labute approximate surface area is 116 Å². The van der Waals surface area contributed by atoms with Gasteiger partial charge in [-0.3, -0.25) is 4.79 Å². The van der Waals surface area contributed by atoms with Crippen LogP contribution in [0.3, 0.4) is 0 Å². The summed E-state index contributed by atoms with van der Waals surface area (Å²) in [6.45, 7) is 5.60. The lowest BCUT2D eigenvalue weighted by Gasteiger charge is -2.05. The summed E-state index contributed by atoms with van der Waals surface area (Å²) in [6, 6.07) is 0.678. The predicted molar refractivity (Wildman–Crippen MR) is 72.8 cm³/mol. The Balaban J connectivity index is 1.71. The Morgan fingerprint density at radius 2 is 2.42 bits per heavy atom. The second-order valence-electron chi connectivity index (χ2n) is 4.29. The van der Waals surface area contributed by atoms with E-state index in [1.54, 1.807) is 10.8 Å². The first kappa shape index (κ1) is 14.0. The van der Waals surface area contributed by atoms with Crippen molar-refractivity contribution >= 4 is 17.7 Å². The molecule has 2 rings (SSSR count). The molecule has 2 N–H and O–H groups in total. The van der Waals surface area contributed by atoms with Gasteiger partial charge < -0.3 is 10.6 Å². The molecule has 19 heavy (non-hydrogen) atoms. The van der Waals surface area contributed by atoms with Gasteiger partial charge in [-0.1, -0.05) is 17.8 Å². The lowest BCUT2D eigenvalue weighted by atomic mass is 10.6. The number of hydrogen-bond acceptors (Lipinski definition) is 6. The zero-order valence-corrected chi connectivity index (χ0v) is 11.5. The minimum Gasteiger partial charge on any atom is -0.352 e. The molecular weight excluding hydrogens is 264 g/mol. The highest BCUT2D eigenvalue weighted by molar-refractivity contribution is 7.99. The molecule has 0 spiro atoms. The van der Waals surface area contributed by atoms with E-state index in [1.807, 2.05) is 0 Å². The fraction of sp³-hybridized carbons (Fsp3) is 0.636. The standard InChI is InChI=1S/C11H18N6OS/c1-2-5-13-10(18)8-19-11-14-15-16-17(11)7-6-12-9-3-4-9/h2,9,12H,1,3-8H2,(H,13,18). The molecule has 104 valence electrons. The molecule has 8 heteroatoms. The van der Waals surface area contributed by atoms with Crippen LogP contribution in [0, 0.1) is 0 Å². The number of amides is 1. The first-order chi connectivity index (χ1) is 9.29. The van der Waals surface area contributed by atoms with Crippen LogP contribution in [0.1, 0.15) is 12.8 Å². The summed E-state index contributed by atoms with van der Waals surface area (Å²) >= 11 is 1.34. The number of tetrazole rings is 1. The van der Waals surface area contributed by atoms with Gasteiger partial charge in [0.15, 0.2) is 0 Å². The first-order valence-electron chi connectivity index (χ1n) is 6.29. The molecule has 7 nitrogen and oxygen atoms in total. The summed E-state index contributed by atoms with van der Waals surface area (Å²) in [4.78, 5) is 11.5. The SMILES string of the molecule is C=CCNC(=O)CSc1nnnn1CCNC1CC1. The molecule has 1 saturated carbocycles. The van der Waals surface area contributed by atoms with Gasteiger partial charge in [0.05, 0.1) is 12.3 Å². The molecule has 1 aliphatic rings. The summed E-state index contributed by atoms with van der Waals surface area (Å²) in [7, 11) is 0. The first-order valence-corrected chi connectivity index (χ1v) is 7.28. The molecule has 1 aromatic heterocycles. The molecule has 0 unspecified atom stereocenters. The van der Waals surface area contributed by atoms with Crippen LogP contribution in [-0.2, 0) is 11.3 Å². The maximum atomic E-state index is 11.5. The van der Waals surface area contributed by atoms with Crippen molar-refractivity contribution in [3.05, 3.63) is 12.7 Å². The van der Waals surface area contributed by atoms with E-state index in [4.69, 9.17) is 0 Å². The zero-order valence-electron chi connectivity index (χ0n) is 10.7. The number of hydrogen-bond donors (Lipinski definition) is 2. The van der Waals surface area contributed by atoms with E-state index in [-0.39, 0.29) is 5.91 Å². The normalized spacial score (nSPS) is 14.3. The van der Waals surface area contributed by atoms with Crippen molar-refractivity contribution in [2.24, 2.45) is 0 Å². The smallest absolute Gasteiger partial charge is 0.230 e. The third-order valence-corrected chi connectivity index (χ3v) is 3.57. The molecule has 0 bridgehead atoms. The molecule has 0 aliphatic heterocycles. The number of carbonyl (C=O) groups is 1. The van der Waals surface area contributed by atoms with Crippen LogP contribution in [-0.4, -0.2) is 51.0 Å². The second-order valence-corrected chi connectivity index (χ2v) is 5.24. The van der Waals surface area contributed by atoms with Crippen LogP contribution in [0.4, 0.5) is 0 Å². The molecule has 0 atom stereocenters. The Kier molecular flexibility index (Phi) is 5.34. The maximum Gasteiger partial charge on any atom is 0.230 e. The molecule has 1 amide bonds. The van der Waals surface area contributed by atoms with Gasteiger partial charge in [-0.05, 0) is 23.3 Å². The Morgan fingerprint density at radius 3 is 3.16 bits per heavy atom. The van der Waals surface area contributed by atoms with Gasteiger partial charge in [-0.25, -0.2) is 4.68 Å². The van der Waals surface area contributed by atoms with E-state index < -0.39 is 0 Å². The average molecular weight is 282 g/mol. The van der Waals surface area contributed by atoms with Gasteiger partial charge in [0.1, 0.15) is 0 Å². The number of nitrogens with zero attached hydrogens (tertiary/aromatic N) is 4. The van der Waals surface area contributed by atoms with Crippen molar-refractivity contribution in [2.45, 2.75) is 30.6 Å². The van der Waals surface area contributed by atoms with Gasteiger partial charge in [0, 0.05) is 19.1 Å². The Hall–Kier alpha value is -1.41. The molecule has 1 fully saturated rings.